The van der Waals surface area contributed by atoms with Crippen LogP contribution in [0.3, 0.4) is 0 Å². The Labute approximate surface area is 78.5 Å². The van der Waals surface area contributed by atoms with Gasteiger partial charge in [-0.05, 0) is 5.41 Å². The summed E-state index contributed by atoms with van der Waals surface area (Å²) in [6.07, 6.45) is -0.844. The minimum absolute atomic E-state index is 0.0289. The number of carboxylic acid groups (broad SMARTS) is 1. The fourth-order valence-electron chi connectivity index (χ4n) is 1.55. The molecule has 4 heteroatoms. The highest BCUT2D eigenvalue weighted by Gasteiger charge is 2.35. The van der Waals surface area contributed by atoms with Gasteiger partial charge < -0.3 is 14.7 Å². The lowest BCUT2D eigenvalue weighted by molar-refractivity contribution is -0.0372. The van der Waals surface area contributed by atoms with E-state index in [0.29, 0.717) is 19.8 Å². The van der Waals surface area contributed by atoms with Crippen molar-refractivity contribution in [2.45, 2.75) is 26.8 Å². The van der Waals surface area contributed by atoms with Crippen LogP contribution in [0.15, 0.2) is 0 Å². The maximum absolute atomic E-state index is 10.9. The Hall–Kier alpha value is -0.770. The molecular formula is C9H17NO3. The first-order valence-electron chi connectivity index (χ1n) is 4.50. The average molecular weight is 187 g/mol. The smallest absolute Gasteiger partial charge is 0.407 e. The second-order valence-electron chi connectivity index (χ2n) is 4.43. The summed E-state index contributed by atoms with van der Waals surface area (Å²) in [6, 6.07) is -0.0289. The zero-order chi connectivity index (χ0) is 10.1. The highest BCUT2D eigenvalue weighted by molar-refractivity contribution is 5.65. The van der Waals surface area contributed by atoms with Gasteiger partial charge in [0.05, 0.1) is 19.3 Å². The summed E-state index contributed by atoms with van der Waals surface area (Å²) in [5.41, 5.74) is -0.0567. The largest absolute Gasteiger partial charge is 0.465 e. The molecule has 0 aliphatic carbocycles. The van der Waals surface area contributed by atoms with Gasteiger partial charge in [0.1, 0.15) is 0 Å². The standard InChI is InChI=1S/C9H17NO3/c1-9(2,3)7-6-13-5-4-10(7)8(11)12/h7H,4-6H2,1-3H3,(H,11,12). The second-order valence-corrected chi connectivity index (χ2v) is 4.43. The van der Waals surface area contributed by atoms with Crippen LogP contribution in [0.5, 0.6) is 0 Å². The summed E-state index contributed by atoms with van der Waals surface area (Å²) >= 11 is 0. The zero-order valence-electron chi connectivity index (χ0n) is 8.41. The van der Waals surface area contributed by atoms with E-state index in [0.717, 1.165) is 0 Å². The van der Waals surface area contributed by atoms with E-state index in [4.69, 9.17) is 9.84 Å². The van der Waals surface area contributed by atoms with Crippen molar-refractivity contribution in [1.82, 2.24) is 4.90 Å². The molecule has 1 atom stereocenters. The molecule has 0 saturated carbocycles. The normalized spacial score (nSPS) is 24.5. The van der Waals surface area contributed by atoms with Gasteiger partial charge in [-0.15, -0.1) is 0 Å². The lowest BCUT2D eigenvalue weighted by Crippen LogP contribution is -2.53. The maximum Gasteiger partial charge on any atom is 0.407 e. The van der Waals surface area contributed by atoms with E-state index in [1.807, 2.05) is 20.8 Å². The molecule has 1 saturated heterocycles. The summed E-state index contributed by atoms with van der Waals surface area (Å²) in [5.74, 6) is 0. The van der Waals surface area contributed by atoms with Crippen molar-refractivity contribution in [1.29, 1.82) is 0 Å². The van der Waals surface area contributed by atoms with Crippen molar-refractivity contribution >= 4 is 6.09 Å². The van der Waals surface area contributed by atoms with Gasteiger partial charge in [0, 0.05) is 6.54 Å². The summed E-state index contributed by atoms with van der Waals surface area (Å²) < 4.78 is 5.28. The highest BCUT2D eigenvalue weighted by atomic mass is 16.5. The summed E-state index contributed by atoms with van der Waals surface area (Å²) in [7, 11) is 0. The van der Waals surface area contributed by atoms with Crippen molar-refractivity contribution in [3.8, 4) is 0 Å². The topological polar surface area (TPSA) is 49.8 Å². The maximum atomic E-state index is 10.9. The third kappa shape index (κ3) is 2.34. The van der Waals surface area contributed by atoms with Gasteiger partial charge in [-0.3, -0.25) is 0 Å². The van der Waals surface area contributed by atoms with Crippen molar-refractivity contribution in [2.24, 2.45) is 5.41 Å². The van der Waals surface area contributed by atoms with Crippen LogP contribution in [0.2, 0.25) is 0 Å². The lowest BCUT2D eigenvalue weighted by atomic mass is 9.86. The molecule has 1 fully saturated rings. The third-order valence-electron chi connectivity index (χ3n) is 2.37. The monoisotopic (exact) mass is 187 g/mol. The number of amides is 1. The molecule has 76 valence electrons. The molecule has 4 nitrogen and oxygen atoms in total. The summed E-state index contributed by atoms with van der Waals surface area (Å²) in [6.45, 7) is 7.60. The quantitative estimate of drug-likeness (QED) is 0.623. The fourth-order valence-corrected chi connectivity index (χ4v) is 1.55. The van der Waals surface area contributed by atoms with E-state index in [-0.39, 0.29) is 11.5 Å². The second kappa shape index (κ2) is 3.54. The Balaban J connectivity index is 2.73. The van der Waals surface area contributed by atoms with Crippen LogP contribution in [0.1, 0.15) is 20.8 Å². The van der Waals surface area contributed by atoms with E-state index in [2.05, 4.69) is 0 Å². The molecule has 13 heavy (non-hydrogen) atoms. The Kier molecular flexibility index (Phi) is 2.81. The van der Waals surface area contributed by atoms with Gasteiger partial charge in [0.2, 0.25) is 0 Å². The molecule has 1 amide bonds. The fraction of sp³-hybridized carbons (Fsp3) is 0.889. The number of carbonyl (C=O) groups is 1. The van der Waals surface area contributed by atoms with E-state index in [1.54, 1.807) is 0 Å². The Bertz CT molecular complexity index is 198. The van der Waals surface area contributed by atoms with Crippen LogP contribution in [-0.2, 0) is 4.74 Å². The predicted molar refractivity (Wildman–Crippen MR) is 48.8 cm³/mol. The van der Waals surface area contributed by atoms with Gasteiger partial charge in [-0.25, -0.2) is 4.79 Å². The van der Waals surface area contributed by atoms with Crippen molar-refractivity contribution in [3.63, 3.8) is 0 Å². The molecule has 0 aromatic rings. The number of hydrogen-bond acceptors (Lipinski definition) is 2. The number of ether oxygens (including phenoxy) is 1. The Morgan fingerprint density at radius 1 is 1.54 bits per heavy atom. The van der Waals surface area contributed by atoms with Crippen LogP contribution < -0.4 is 0 Å². The van der Waals surface area contributed by atoms with Crippen molar-refractivity contribution in [3.05, 3.63) is 0 Å². The number of nitrogens with zero attached hydrogens (tertiary/aromatic N) is 1. The molecule has 0 aromatic heterocycles. The lowest BCUT2D eigenvalue weighted by Gasteiger charge is -2.41. The van der Waals surface area contributed by atoms with E-state index < -0.39 is 6.09 Å². The van der Waals surface area contributed by atoms with E-state index >= 15 is 0 Å². The minimum atomic E-state index is -0.844. The predicted octanol–water partition coefficient (Wildman–Crippen LogP) is 1.41. The number of hydrogen-bond donors (Lipinski definition) is 1. The van der Waals surface area contributed by atoms with E-state index in [9.17, 15) is 4.79 Å². The van der Waals surface area contributed by atoms with Crippen molar-refractivity contribution < 1.29 is 14.6 Å². The molecule has 0 aromatic carbocycles. The molecule has 0 radical (unpaired) electrons. The first-order valence-corrected chi connectivity index (χ1v) is 4.50. The zero-order valence-corrected chi connectivity index (χ0v) is 8.41. The molecule has 1 aliphatic heterocycles. The van der Waals surface area contributed by atoms with Crippen molar-refractivity contribution in [2.75, 3.05) is 19.8 Å². The van der Waals surface area contributed by atoms with Crippen LogP contribution in [0.25, 0.3) is 0 Å². The number of morpholine rings is 1. The average Bonchev–Trinajstić information content (AvgIpc) is 2.03. The molecule has 0 spiro atoms. The molecule has 1 aliphatic rings. The molecule has 1 rings (SSSR count). The number of rotatable bonds is 0. The third-order valence-corrected chi connectivity index (χ3v) is 2.37. The van der Waals surface area contributed by atoms with Crippen LogP contribution in [0, 0.1) is 5.41 Å². The SMILES string of the molecule is CC(C)(C)C1COCCN1C(=O)O. The molecule has 1 heterocycles. The molecule has 0 bridgehead atoms. The van der Waals surface area contributed by atoms with Crippen LogP contribution in [0.4, 0.5) is 4.79 Å². The molecule has 1 unspecified atom stereocenters. The molecule has 1 N–H and O–H groups in total. The minimum Gasteiger partial charge on any atom is -0.465 e. The highest BCUT2D eigenvalue weighted by Crippen LogP contribution is 2.26. The molecular weight excluding hydrogens is 170 g/mol. The van der Waals surface area contributed by atoms with Crippen LogP contribution in [-0.4, -0.2) is 41.9 Å². The van der Waals surface area contributed by atoms with E-state index in [1.165, 1.54) is 4.90 Å². The Morgan fingerprint density at radius 2 is 2.15 bits per heavy atom. The van der Waals surface area contributed by atoms with Gasteiger partial charge >= 0.3 is 6.09 Å². The Morgan fingerprint density at radius 3 is 2.54 bits per heavy atom. The van der Waals surface area contributed by atoms with Gasteiger partial charge in [0.25, 0.3) is 0 Å². The summed E-state index contributed by atoms with van der Waals surface area (Å²) in [4.78, 5) is 12.4. The van der Waals surface area contributed by atoms with Crippen LogP contribution >= 0.6 is 0 Å². The van der Waals surface area contributed by atoms with Gasteiger partial charge in [-0.2, -0.15) is 0 Å². The summed E-state index contributed by atoms with van der Waals surface area (Å²) in [5, 5.41) is 8.94. The first kappa shape index (κ1) is 10.3. The van der Waals surface area contributed by atoms with Gasteiger partial charge in [-0.1, -0.05) is 20.8 Å². The van der Waals surface area contributed by atoms with Gasteiger partial charge in [0.15, 0.2) is 0 Å². The first-order chi connectivity index (χ1) is 5.93.